The summed E-state index contributed by atoms with van der Waals surface area (Å²) in [5, 5.41) is 9.40. The first kappa shape index (κ1) is 8.33. The lowest BCUT2D eigenvalue weighted by atomic mass is 9.93. The molecule has 0 aromatic heterocycles. The molecule has 0 heterocycles. The van der Waals surface area contributed by atoms with E-state index >= 15 is 0 Å². The van der Waals surface area contributed by atoms with Crippen molar-refractivity contribution in [3.8, 4) is 0 Å². The Morgan fingerprint density at radius 2 is 1.91 bits per heavy atom. The van der Waals surface area contributed by atoms with Gasteiger partial charge in [-0.1, -0.05) is 12.8 Å². The zero-order chi connectivity index (χ0) is 8.27. The van der Waals surface area contributed by atoms with Gasteiger partial charge in [0.15, 0.2) is 5.96 Å². The second-order valence-electron chi connectivity index (χ2n) is 2.97. The number of guanidine groups is 1. The van der Waals surface area contributed by atoms with E-state index in [1.54, 1.807) is 0 Å². The normalized spacial score (nSPS) is 31.4. The van der Waals surface area contributed by atoms with Crippen LogP contribution in [0.5, 0.6) is 0 Å². The highest BCUT2D eigenvalue weighted by molar-refractivity contribution is 5.75. The molecule has 0 spiro atoms. The maximum Gasteiger partial charge on any atom is 0.186 e. The average Bonchev–Trinajstić information content (AvgIpc) is 1.93. The fourth-order valence-electron chi connectivity index (χ4n) is 1.43. The van der Waals surface area contributed by atoms with Crippen LogP contribution in [0.15, 0.2) is 4.99 Å². The van der Waals surface area contributed by atoms with E-state index in [0.29, 0.717) is 0 Å². The summed E-state index contributed by atoms with van der Waals surface area (Å²) >= 11 is 0. The van der Waals surface area contributed by atoms with Crippen molar-refractivity contribution in [1.29, 1.82) is 0 Å². The largest absolute Gasteiger partial charge is 0.391 e. The van der Waals surface area contributed by atoms with Crippen LogP contribution in [0, 0.1) is 0 Å². The Kier molecular flexibility index (Phi) is 2.70. The molecule has 0 aliphatic heterocycles. The first-order valence-corrected chi connectivity index (χ1v) is 3.97. The second kappa shape index (κ2) is 3.57. The molecule has 4 heteroatoms. The summed E-state index contributed by atoms with van der Waals surface area (Å²) in [4.78, 5) is 3.94. The van der Waals surface area contributed by atoms with Gasteiger partial charge in [0.25, 0.3) is 0 Å². The van der Waals surface area contributed by atoms with Crippen molar-refractivity contribution in [3.05, 3.63) is 0 Å². The third-order valence-electron chi connectivity index (χ3n) is 2.01. The Labute approximate surface area is 66.3 Å². The first-order chi connectivity index (χ1) is 5.20. The predicted molar refractivity (Wildman–Crippen MR) is 44.1 cm³/mol. The van der Waals surface area contributed by atoms with Crippen LogP contribution in [-0.4, -0.2) is 23.2 Å². The van der Waals surface area contributed by atoms with Crippen molar-refractivity contribution in [1.82, 2.24) is 0 Å². The number of hydrogen-bond donors (Lipinski definition) is 3. The molecule has 0 amide bonds. The van der Waals surface area contributed by atoms with Crippen LogP contribution in [0.3, 0.4) is 0 Å². The highest BCUT2D eigenvalue weighted by atomic mass is 16.3. The molecule has 1 saturated carbocycles. The van der Waals surface area contributed by atoms with Crippen molar-refractivity contribution >= 4 is 5.96 Å². The van der Waals surface area contributed by atoms with E-state index in [9.17, 15) is 5.11 Å². The minimum Gasteiger partial charge on any atom is -0.391 e. The molecule has 0 bridgehead atoms. The van der Waals surface area contributed by atoms with E-state index in [4.69, 9.17) is 11.5 Å². The summed E-state index contributed by atoms with van der Waals surface area (Å²) < 4.78 is 0. The molecule has 1 rings (SSSR count). The monoisotopic (exact) mass is 157 g/mol. The van der Waals surface area contributed by atoms with E-state index in [1.807, 2.05) is 0 Å². The van der Waals surface area contributed by atoms with Crippen LogP contribution in [0.2, 0.25) is 0 Å². The van der Waals surface area contributed by atoms with Gasteiger partial charge in [-0.05, 0) is 12.8 Å². The summed E-state index contributed by atoms with van der Waals surface area (Å²) in [6.45, 7) is 0. The summed E-state index contributed by atoms with van der Waals surface area (Å²) in [6, 6.07) is -0.0613. The van der Waals surface area contributed by atoms with Crippen molar-refractivity contribution in [2.75, 3.05) is 0 Å². The molecular weight excluding hydrogens is 142 g/mol. The second-order valence-corrected chi connectivity index (χ2v) is 2.97. The molecule has 4 nitrogen and oxygen atoms in total. The number of rotatable bonds is 1. The molecule has 5 N–H and O–H groups in total. The smallest absolute Gasteiger partial charge is 0.186 e. The number of nitrogens with zero attached hydrogens (tertiary/aromatic N) is 1. The summed E-state index contributed by atoms with van der Waals surface area (Å²) in [7, 11) is 0. The summed E-state index contributed by atoms with van der Waals surface area (Å²) in [6.07, 6.45) is 3.57. The Bertz CT molecular complexity index is 154. The third kappa shape index (κ3) is 2.38. The Hall–Kier alpha value is -0.770. The lowest BCUT2D eigenvalue weighted by Gasteiger charge is -2.23. The minimum absolute atomic E-state index is 0.0613. The van der Waals surface area contributed by atoms with Crippen LogP contribution < -0.4 is 11.5 Å². The van der Waals surface area contributed by atoms with E-state index in [0.717, 1.165) is 25.7 Å². The van der Waals surface area contributed by atoms with Crippen molar-refractivity contribution in [2.24, 2.45) is 16.5 Å². The lowest BCUT2D eigenvalue weighted by molar-refractivity contribution is 0.109. The van der Waals surface area contributed by atoms with Crippen molar-refractivity contribution < 1.29 is 5.11 Å². The quantitative estimate of drug-likeness (QED) is 0.356. The van der Waals surface area contributed by atoms with Gasteiger partial charge in [0.05, 0.1) is 12.1 Å². The van der Waals surface area contributed by atoms with Gasteiger partial charge in [-0.15, -0.1) is 0 Å². The number of aliphatic hydroxyl groups excluding tert-OH is 1. The Morgan fingerprint density at radius 3 is 2.45 bits per heavy atom. The van der Waals surface area contributed by atoms with Crippen LogP contribution in [-0.2, 0) is 0 Å². The van der Waals surface area contributed by atoms with Gasteiger partial charge in [0, 0.05) is 0 Å². The Balaban J connectivity index is 2.48. The molecule has 0 aromatic carbocycles. The predicted octanol–water partition coefficient (Wildman–Crippen LogP) is -0.437. The Morgan fingerprint density at radius 1 is 1.27 bits per heavy atom. The van der Waals surface area contributed by atoms with Gasteiger partial charge >= 0.3 is 0 Å². The minimum atomic E-state index is -0.342. The standard InChI is InChI=1S/C7H15N3O/c8-7(9)10-5-3-1-2-4-6(5)11/h5-6,11H,1-4H2,(H4,8,9,10)/t5-,6-/m1/s1. The van der Waals surface area contributed by atoms with E-state index in [1.165, 1.54) is 0 Å². The van der Waals surface area contributed by atoms with Crippen molar-refractivity contribution in [3.63, 3.8) is 0 Å². The van der Waals surface area contributed by atoms with Gasteiger partial charge < -0.3 is 16.6 Å². The van der Waals surface area contributed by atoms with Crippen LogP contribution in [0.25, 0.3) is 0 Å². The summed E-state index contributed by atoms with van der Waals surface area (Å²) in [5.41, 5.74) is 10.4. The molecule has 11 heavy (non-hydrogen) atoms. The van der Waals surface area contributed by atoms with Crippen LogP contribution >= 0.6 is 0 Å². The fourth-order valence-corrected chi connectivity index (χ4v) is 1.43. The molecule has 0 aromatic rings. The average molecular weight is 157 g/mol. The molecule has 0 saturated heterocycles. The molecule has 0 radical (unpaired) electrons. The molecule has 1 aliphatic carbocycles. The molecule has 64 valence electrons. The van der Waals surface area contributed by atoms with E-state index in [2.05, 4.69) is 4.99 Å². The lowest BCUT2D eigenvalue weighted by Crippen LogP contribution is -2.33. The van der Waals surface area contributed by atoms with Gasteiger partial charge in [0.2, 0.25) is 0 Å². The molecular formula is C7H15N3O. The molecule has 1 fully saturated rings. The molecule has 1 aliphatic rings. The number of nitrogens with two attached hydrogens (primary N) is 2. The summed E-state index contributed by atoms with van der Waals surface area (Å²) in [5.74, 6) is 0.0796. The zero-order valence-electron chi connectivity index (χ0n) is 6.53. The highest BCUT2D eigenvalue weighted by Gasteiger charge is 2.21. The van der Waals surface area contributed by atoms with Crippen molar-refractivity contribution in [2.45, 2.75) is 37.8 Å². The highest BCUT2D eigenvalue weighted by Crippen LogP contribution is 2.20. The maximum atomic E-state index is 9.40. The van der Waals surface area contributed by atoms with Crippen LogP contribution in [0.1, 0.15) is 25.7 Å². The maximum absolute atomic E-state index is 9.40. The zero-order valence-corrected chi connectivity index (χ0v) is 6.53. The van der Waals surface area contributed by atoms with Gasteiger partial charge in [0.1, 0.15) is 0 Å². The van der Waals surface area contributed by atoms with Gasteiger partial charge in [-0.3, -0.25) is 0 Å². The topological polar surface area (TPSA) is 84.6 Å². The van der Waals surface area contributed by atoms with Gasteiger partial charge in [-0.2, -0.15) is 0 Å². The first-order valence-electron chi connectivity index (χ1n) is 3.97. The van der Waals surface area contributed by atoms with Gasteiger partial charge in [-0.25, -0.2) is 4.99 Å². The SMILES string of the molecule is NC(N)=N[C@@H]1CCCC[C@H]1O. The number of aliphatic imine (C=N–C) groups is 1. The van der Waals surface area contributed by atoms with E-state index < -0.39 is 0 Å². The van der Waals surface area contributed by atoms with Crippen LogP contribution in [0.4, 0.5) is 0 Å². The number of aliphatic hydroxyl groups is 1. The fraction of sp³-hybridized carbons (Fsp3) is 0.857. The van der Waals surface area contributed by atoms with E-state index in [-0.39, 0.29) is 18.1 Å². The molecule has 0 unspecified atom stereocenters. The third-order valence-corrected chi connectivity index (χ3v) is 2.01. The number of hydrogen-bond acceptors (Lipinski definition) is 2. The molecule has 2 atom stereocenters.